The molecule has 0 saturated carbocycles. The van der Waals surface area contributed by atoms with E-state index in [4.69, 9.17) is 11.0 Å². The topological polar surface area (TPSA) is 25.8 Å². The minimum Gasteiger partial charge on any atom is -0.305 e. The molecule has 245 valence electrons. The van der Waals surface area contributed by atoms with Crippen molar-refractivity contribution in [3.63, 3.8) is 0 Å². The Hall–Kier alpha value is -3.73. The van der Waals surface area contributed by atoms with Gasteiger partial charge in [0, 0.05) is 48.2 Å². The van der Waals surface area contributed by atoms with Gasteiger partial charge >= 0.3 is 0 Å². The van der Waals surface area contributed by atoms with Gasteiger partial charge in [0.15, 0.2) is 0 Å². The molecule has 0 fully saturated rings. The summed E-state index contributed by atoms with van der Waals surface area (Å²) in [6.45, 7) is 6.00. The second kappa shape index (κ2) is 15.2. The number of rotatable bonds is 6. The number of fused-ring (bicyclic) bond motifs is 3. The molecule has 0 aliphatic heterocycles. The van der Waals surface area contributed by atoms with Crippen LogP contribution in [0.25, 0.3) is 53.8 Å². The van der Waals surface area contributed by atoms with Crippen molar-refractivity contribution in [3.8, 4) is 33.6 Å². The first-order valence-corrected chi connectivity index (χ1v) is 20.0. The molecule has 2 nitrogen and oxygen atoms in total. The first-order chi connectivity index (χ1) is 25.8. The van der Waals surface area contributed by atoms with Gasteiger partial charge in [-0.05, 0) is 75.4 Å². The molecular formula is C43H42IrN2SSi-2. The number of nitrogens with zero attached hydrogens (tertiary/aromatic N) is 2. The molecule has 7 aromatic rings. The second-order valence-corrected chi connectivity index (χ2v) is 18.9. The third kappa shape index (κ3) is 7.93. The molecule has 0 unspecified atom stereocenters. The van der Waals surface area contributed by atoms with Gasteiger partial charge < -0.3 is 9.97 Å². The van der Waals surface area contributed by atoms with E-state index < -0.39 is 28.2 Å². The van der Waals surface area contributed by atoms with Crippen molar-refractivity contribution in [1.29, 1.82) is 0 Å². The SMILES string of the molecule is C[Si](C)(C)c1ccc(-c2[c-]cccc2)nc1.[2H]C([2H])([2H])c1ccc(-c2ccc3c(sc4c(-c5cc(C([2H])([2H])C(C)C)ccn5)[c-]ccc43)c2C([2H])([2H])[2H])cc1.[Ir]. The zero-order chi connectivity index (χ0) is 39.9. The molecule has 5 heteroatoms. The minimum atomic E-state index is -2.42. The van der Waals surface area contributed by atoms with E-state index in [1.165, 1.54) is 28.7 Å². The van der Waals surface area contributed by atoms with Gasteiger partial charge in [0.1, 0.15) is 0 Å². The third-order valence-electron chi connectivity index (χ3n) is 7.88. The van der Waals surface area contributed by atoms with Crippen molar-refractivity contribution in [2.45, 2.75) is 53.6 Å². The fraction of sp³-hybridized carbons (Fsp3) is 0.209. The zero-order valence-corrected chi connectivity index (χ0v) is 31.8. The number of aromatic nitrogens is 2. The summed E-state index contributed by atoms with van der Waals surface area (Å²) in [4.78, 5) is 9.04. The molecule has 4 aromatic carbocycles. The van der Waals surface area contributed by atoms with Crippen LogP contribution in [0.1, 0.15) is 41.5 Å². The van der Waals surface area contributed by atoms with Gasteiger partial charge in [0.2, 0.25) is 0 Å². The molecule has 0 spiro atoms. The van der Waals surface area contributed by atoms with Crippen molar-refractivity contribution in [1.82, 2.24) is 9.97 Å². The van der Waals surface area contributed by atoms with Crippen molar-refractivity contribution >= 4 is 44.8 Å². The van der Waals surface area contributed by atoms with Gasteiger partial charge in [0.05, 0.1) is 8.07 Å². The van der Waals surface area contributed by atoms with Crippen molar-refractivity contribution in [3.05, 3.63) is 138 Å². The smallest absolute Gasteiger partial charge is 0.0795 e. The Balaban J connectivity index is 0.000000295. The van der Waals surface area contributed by atoms with E-state index in [9.17, 15) is 0 Å². The van der Waals surface area contributed by atoms with Gasteiger partial charge in [-0.15, -0.1) is 59.7 Å². The summed E-state index contributed by atoms with van der Waals surface area (Å²) in [7, 11) is -1.23. The van der Waals surface area contributed by atoms with Crippen molar-refractivity contribution < 1.29 is 31.1 Å². The predicted molar refractivity (Wildman–Crippen MR) is 206 cm³/mol. The van der Waals surface area contributed by atoms with Crippen LogP contribution in [0, 0.1) is 31.8 Å². The largest absolute Gasteiger partial charge is 0.305 e. The molecule has 0 aliphatic rings. The van der Waals surface area contributed by atoms with E-state index >= 15 is 0 Å². The molecule has 0 atom stereocenters. The van der Waals surface area contributed by atoms with E-state index in [1.54, 1.807) is 42.6 Å². The summed E-state index contributed by atoms with van der Waals surface area (Å²) >= 11 is 1.36. The number of hydrogen-bond donors (Lipinski definition) is 0. The second-order valence-electron chi connectivity index (χ2n) is 12.8. The number of hydrogen-bond acceptors (Lipinski definition) is 3. The monoisotopic (exact) mass is 847 g/mol. The Kier molecular flexibility index (Phi) is 8.30. The fourth-order valence-corrected chi connectivity index (χ4v) is 7.72. The average molecular weight is 847 g/mol. The molecule has 1 radical (unpaired) electrons. The average Bonchev–Trinajstić information content (AvgIpc) is 3.53. The van der Waals surface area contributed by atoms with Crippen molar-refractivity contribution in [2.24, 2.45) is 5.92 Å². The molecule has 0 aliphatic carbocycles. The standard InChI is InChI=1S/C29H26NS.C14H16NSi.Ir/c1-18(2)16-21-14-15-30-27(17-21)26-7-5-6-24-25-13-12-23(20(4)28(25)31-29(24)26)22-10-8-19(3)9-11-22;1-16(2,3)13-9-10-14(15-11-13)12-7-5-4-6-8-12;/h5-6,8-15,17-18H,16H2,1-4H3;4-7,9-11H,1-3H3;/q2*-1;/i3D3,4D3,16D2;;. The van der Waals surface area contributed by atoms with Gasteiger partial charge in [-0.25, -0.2) is 0 Å². The molecule has 48 heavy (non-hydrogen) atoms. The van der Waals surface area contributed by atoms with Crippen LogP contribution < -0.4 is 5.19 Å². The summed E-state index contributed by atoms with van der Waals surface area (Å²) in [6, 6.07) is 35.8. The Labute approximate surface area is 315 Å². The summed E-state index contributed by atoms with van der Waals surface area (Å²) in [5.74, 6) is -0.231. The molecular weight excluding hydrogens is 797 g/mol. The molecule has 0 amide bonds. The van der Waals surface area contributed by atoms with Crippen molar-refractivity contribution in [2.75, 3.05) is 0 Å². The first-order valence-electron chi connectivity index (χ1n) is 19.7. The van der Waals surface area contributed by atoms with Crippen LogP contribution in [0.15, 0.2) is 109 Å². The number of thiophene rings is 1. The van der Waals surface area contributed by atoms with Gasteiger partial charge in [-0.1, -0.05) is 105 Å². The summed E-state index contributed by atoms with van der Waals surface area (Å²) < 4.78 is 66.6. The normalized spacial score (nSPS) is 14.6. The van der Waals surface area contributed by atoms with E-state index in [1.807, 2.05) is 56.4 Å². The Bertz CT molecular complexity index is 2440. The summed E-state index contributed by atoms with van der Waals surface area (Å²) in [6.07, 6.45) is 2.08. The fourth-order valence-electron chi connectivity index (χ4n) is 5.43. The molecule has 7 rings (SSSR count). The summed E-state index contributed by atoms with van der Waals surface area (Å²) in [5.41, 5.74) is 5.42. The first kappa shape index (κ1) is 26.2. The molecule has 3 aromatic heterocycles. The Morgan fingerprint density at radius 2 is 1.62 bits per heavy atom. The van der Waals surface area contributed by atoms with Crippen LogP contribution >= 0.6 is 11.3 Å². The van der Waals surface area contributed by atoms with Crippen LogP contribution in [0.4, 0.5) is 0 Å². The molecule has 0 N–H and O–H groups in total. The quantitative estimate of drug-likeness (QED) is 0.123. The summed E-state index contributed by atoms with van der Waals surface area (Å²) in [5, 5.41) is 3.07. The maximum atomic E-state index is 8.52. The maximum absolute atomic E-state index is 8.52. The number of aryl methyl sites for hydroxylation is 2. The maximum Gasteiger partial charge on any atom is 0.0795 e. The zero-order valence-electron chi connectivity index (χ0n) is 35.6. The van der Waals surface area contributed by atoms with Crippen LogP contribution in [-0.2, 0) is 26.5 Å². The molecule has 3 heterocycles. The number of benzene rings is 4. The minimum absolute atomic E-state index is 0. The Morgan fingerprint density at radius 1 is 0.812 bits per heavy atom. The van der Waals surface area contributed by atoms with Crippen LogP contribution in [0.3, 0.4) is 0 Å². The Morgan fingerprint density at radius 3 is 2.29 bits per heavy atom. The third-order valence-corrected chi connectivity index (χ3v) is 11.2. The molecule has 0 bridgehead atoms. The van der Waals surface area contributed by atoms with Crippen LogP contribution in [0.2, 0.25) is 19.6 Å². The van der Waals surface area contributed by atoms with Crippen LogP contribution in [0.5, 0.6) is 0 Å². The van der Waals surface area contributed by atoms with E-state index in [0.29, 0.717) is 32.6 Å². The van der Waals surface area contributed by atoms with Gasteiger partial charge in [-0.3, -0.25) is 0 Å². The molecule has 0 saturated heterocycles. The van der Waals surface area contributed by atoms with E-state index in [-0.39, 0.29) is 37.2 Å². The van der Waals surface area contributed by atoms with E-state index in [0.717, 1.165) is 26.7 Å². The van der Waals surface area contributed by atoms with Gasteiger partial charge in [0.25, 0.3) is 0 Å². The number of pyridine rings is 2. The van der Waals surface area contributed by atoms with Crippen LogP contribution in [-0.4, -0.2) is 18.0 Å². The predicted octanol–water partition coefficient (Wildman–Crippen LogP) is 11.5. The van der Waals surface area contributed by atoms with E-state index in [2.05, 4.69) is 53.9 Å². The van der Waals surface area contributed by atoms with Gasteiger partial charge in [-0.2, -0.15) is 11.3 Å².